The van der Waals surface area contributed by atoms with E-state index >= 15 is 0 Å². The molecule has 5 aromatic rings. The number of rotatable bonds is 5. The van der Waals surface area contributed by atoms with E-state index in [4.69, 9.17) is 22.3 Å². The molecular weight excluding hydrogens is 522 g/mol. The highest BCUT2D eigenvalue weighted by Crippen LogP contribution is 2.39. The molecule has 1 aliphatic heterocycles. The standard InChI is InChI=1S/C30H34ClN9/c1-38-13-15-39(16-14-38)21-9-11-22(12-10-21)40-17-23(26-28(32)33-18-34-29(26)40)19-5-7-20(8-6-19)35-30-36-25-4-2-3-24(31)27(25)37-30/h2-8,17-18,21-22H,9-16H2,1H3,(H2,32,33,34)(H2,35,36,37)/t21-,22-. The van der Waals surface area contributed by atoms with E-state index in [1.54, 1.807) is 6.33 Å². The summed E-state index contributed by atoms with van der Waals surface area (Å²) in [7, 11) is 2.22. The van der Waals surface area contributed by atoms with Crippen molar-refractivity contribution in [3.63, 3.8) is 0 Å². The number of nitrogens with one attached hydrogen (secondary N) is 2. The van der Waals surface area contributed by atoms with E-state index in [-0.39, 0.29) is 0 Å². The molecule has 206 valence electrons. The van der Waals surface area contributed by atoms with Crippen molar-refractivity contribution in [2.24, 2.45) is 0 Å². The number of hydrogen-bond donors (Lipinski definition) is 3. The van der Waals surface area contributed by atoms with Gasteiger partial charge in [0.2, 0.25) is 5.95 Å². The third-order valence-corrected chi connectivity index (χ3v) is 8.98. The van der Waals surface area contributed by atoms with Gasteiger partial charge in [-0.15, -0.1) is 0 Å². The van der Waals surface area contributed by atoms with Gasteiger partial charge >= 0.3 is 0 Å². The van der Waals surface area contributed by atoms with Crippen LogP contribution in [0.3, 0.4) is 0 Å². The fourth-order valence-corrected chi connectivity index (χ4v) is 6.64. The second kappa shape index (κ2) is 10.4. The summed E-state index contributed by atoms with van der Waals surface area (Å²) in [4.78, 5) is 22.0. The fourth-order valence-electron chi connectivity index (χ4n) is 6.42. The quantitative estimate of drug-likeness (QED) is 0.256. The van der Waals surface area contributed by atoms with Crippen molar-refractivity contribution in [1.29, 1.82) is 0 Å². The number of likely N-dealkylation sites (N-methyl/N-ethyl adjacent to an activating group) is 1. The summed E-state index contributed by atoms with van der Waals surface area (Å²) in [5.41, 5.74) is 12.1. The van der Waals surface area contributed by atoms with Gasteiger partial charge in [-0.3, -0.25) is 4.90 Å². The monoisotopic (exact) mass is 555 g/mol. The van der Waals surface area contributed by atoms with Crippen LogP contribution in [0.25, 0.3) is 33.2 Å². The van der Waals surface area contributed by atoms with Crippen molar-refractivity contribution in [2.45, 2.75) is 37.8 Å². The van der Waals surface area contributed by atoms with Crippen molar-refractivity contribution >= 4 is 51.1 Å². The number of halogens is 1. The minimum atomic E-state index is 0.412. The maximum Gasteiger partial charge on any atom is 0.205 e. The molecule has 0 radical (unpaired) electrons. The summed E-state index contributed by atoms with van der Waals surface area (Å²) in [6.07, 6.45) is 8.55. The molecule has 0 spiro atoms. The Morgan fingerprint density at radius 1 is 0.950 bits per heavy atom. The Morgan fingerprint density at radius 2 is 1.70 bits per heavy atom. The highest BCUT2D eigenvalue weighted by molar-refractivity contribution is 6.35. The number of piperazine rings is 1. The lowest BCUT2D eigenvalue weighted by Gasteiger charge is -2.41. The molecule has 4 N–H and O–H groups in total. The fraction of sp³-hybridized carbons (Fsp3) is 0.367. The van der Waals surface area contributed by atoms with Crippen molar-refractivity contribution in [3.05, 3.63) is 60.0 Å². The van der Waals surface area contributed by atoms with Gasteiger partial charge in [-0.05, 0) is 62.6 Å². The van der Waals surface area contributed by atoms with Crippen LogP contribution in [0.2, 0.25) is 5.02 Å². The van der Waals surface area contributed by atoms with Crippen molar-refractivity contribution in [2.75, 3.05) is 44.3 Å². The second-order valence-corrected chi connectivity index (χ2v) is 11.5. The van der Waals surface area contributed by atoms with Gasteiger partial charge in [-0.2, -0.15) is 0 Å². The number of benzene rings is 2. The Hall–Kier alpha value is -3.66. The molecule has 0 bridgehead atoms. The lowest BCUT2D eigenvalue weighted by atomic mass is 9.89. The van der Waals surface area contributed by atoms with Gasteiger partial charge in [0.1, 0.15) is 23.3 Å². The number of imidazole rings is 1. The Morgan fingerprint density at radius 3 is 2.45 bits per heavy atom. The van der Waals surface area contributed by atoms with Crippen LogP contribution in [0, 0.1) is 0 Å². The third-order valence-electron chi connectivity index (χ3n) is 8.67. The summed E-state index contributed by atoms with van der Waals surface area (Å²) in [6, 6.07) is 15.1. The van der Waals surface area contributed by atoms with E-state index in [1.807, 2.05) is 18.2 Å². The van der Waals surface area contributed by atoms with Crippen molar-refractivity contribution in [3.8, 4) is 11.1 Å². The summed E-state index contributed by atoms with van der Waals surface area (Å²) < 4.78 is 2.35. The zero-order valence-electron chi connectivity index (χ0n) is 22.6. The number of aromatic nitrogens is 5. The zero-order valence-corrected chi connectivity index (χ0v) is 23.4. The molecule has 40 heavy (non-hydrogen) atoms. The van der Waals surface area contributed by atoms with Crippen molar-refractivity contribution in [1.82, 2.24) is 34.3 Å². The Balaban J connectivity index is 1.12. The summed E-state index contributed by atoms with van der Waals surface area (Å²) in [5, 5.41) is 4.90. The predicted octanol–water partition coefficient (Wildman–Crippen LogP) is 5.68. The molecule has 2 aliphatic rings. The molecule has 7 rings (SSSR count). The molecule has 1 aliphatic carbocycles. The lowest BCUT2D eigenvalue weighted by molar-refractivity contribution is 0.0828. The number of hydrogen-bond acceptors (Lipinski definition) is 7. The number of nitrogens with zero attached hydrogens (tertiary/aromatic N) is 6. The van der Waals surface area contributed by atoms with Crippen LogP contribution in [0.15, 0.2) is 55.0 Å². The molecule has 0 unspecified atom stereocenters. The van der Waals surface area contributed by atoms with E-state index in [0.717, 1.165) is 51.7 Å². The summed E-state index contributed by atoms with van der Waals surface area (Å²) >= 11 is 6.29. The highest BCUT2D eigenvalue weighted by atomic mass is 35.5. The normalized spacial score (nSPS) is 20.9. The number of fused-ring (bicyclic) bond motifs is 2. The number of para-hydroxylation sites is 1. The van der Waals surface area contributed by atoms with E-state index in [2.05, 4.69) is 72.1 Å². The lowest BCUT2D eigenvalue weighted by Crippen LogP contribution is -2.49. The van der Waals surface area contributed by atoms with Gasteiger partial charge < -0.3 is 25.5 Å². The first-order valence-corrected chi connectivity index (χ1v) is 14.5. The highest BCUT2D eigenvalue weighted by Gasteiger charge is 2.30. The molecule has 3 aromatic heterocycles. The van der Waals surface area contributed by atoms with Crippen LogP contribution in [-0.4, -0.2) is 73.6 Å². The maximum atomic E-state index is 6.44. The molecule has 4 heterocycles. The molecule has 0 atom stereocenters. The number of H-pyrrole nitrogens is 1. The molecule has 9 nitrogen and oxygen atoms in total. The third kappa shape index (κ3) is 4.68. The van der Waals surface area contributed by atoms with Crippen LogP contribution < -0.4 is 11.1 Å². The van der Waals surface area contributed by atoms with Gasteiger partial charge in [0.15, 0.2) is 0 Å². The van der Waals surface area contributed by atoms with E-state index in [1.165, 1.54) is 39.0 Å². The van der Waals surface area contributed by atoms with Crippen LogP contribution in [0.1, 0.15) is 31.7 Å². The SMILES string of the molecule is CN1CCN([C@H]2CC[C@H](n3cc(-c4ccc(Nc5nc6c(Cl)cccc6[nH]5)cc4)c4c(N)ncnc43)CC2)CC1. The van der Waals surface area contributed by atoms with Gasteiger partial charge in [-0.1, -0.05) is 29.8 Å². The summed E-state index contributed by atoms with van der Waals surface area (Å²) in [6.45, 7) is 4.70. The summed E-state index contributed by atoms with van der Waals surface area (Å²) in [5.74, 6) is 1.17. The van der Waals surface area contributed by atoms with Crippen LogP contribution in [0.4, 0.5) is 17.5 Å². The molecule has 10 heteroatoms. The van der Waals surface area contributed by atoms with Gasteiger partial charge in [0.05, 0.1) is 15.9 Å². The largest absolute Gasteiger partial charge is 0.383 e. The second-order valence-electron chi connectivity index (χ2n) is 11.1. The molecule has 2 aromatic carbocycles. The smallest absolute Gasteiger partial charge is 0.205 e. The molecule has 1 saturated heterocycles. The average molecular weight is 556 g/mol. The topological polar surface area (TPSA) is 104 Å². The number of nitrogen functional groups attached to an aromatic ring is 1. The first-order valence-electron chi connectivity index (χ1n) is 14.1. The van der Waals surface area contributed by atoms with Crippen LogP contribution in [0.5, 0.6) is 0 Å². The van der Waals surface area contributed by atoms with Gasteiger partial charge in [-0.25, -0.2) is 15.0 Å². The van der Waals surface area contributed by atoms with E-state index < -0.39 is 0 Å². The Labute approximate surface area is 238 Å². The zero-order chi connectivity index (χ0) is 27.2. The number of anilines is 3. The minimum absolute atomic E-state index is 0.412. The average Bonchev–Trinajstić information content (AvgIpc) is 3.57. The first kappa shape index (κ1) is 25.3. The number of nitrogens with two attached hydrogens (primary N) is 1. The van der Waals surface area contributed by atoms with E-state index in [0.29, 0.717) is 28.9 Å². The van der Waals surface area contributed by atoms with Crippen molar-refractivity contribution < 1.29 is 0 Å². The molecule has 2 fully saturated rings. The van der Waals surface area contributed by atoms with Crippen LogP contribution in [-0.2, 0) is 0 Å². The predicted molar refractivity (Wildman–Crippen MR) is 162 cm³/mol. The van der Waals surface area contributed by atoms with Gasteiger partial charge in [0.25, 0.3) is 0 Å². The Kier molecular flexibility index (Phi) is 6.57. The minimum Gasteiger partial charge on any atom is -0.383 e. The molecular formula is C30H34ClN9. The first-order chi connectivity index (χ1) is 19.5. The van der Waals surface area contributed by atoms with Gasteiger partial charge in [0, 0.05) is 55.7 Å². The maximum absolute atomic E-state index is 6.44. The Bertz CT molecular complexity index is 1640. The van der Waals surface area contributed by atoms with E-state index in [9.17, 15) is 0 Å². The molecule has 0 amide bonds. The number of aromatic amines is 1. The van der Waals surface area contributed by atoms with Crippen LogP contribution >= 0.6 is 11.6 Å². The molecule has 1 saturated carbocycles.